The zero-order valence-corrected chi connectivity index (χ0v) is 11.9. The van der Waals surface area contributed by atoms with Crippen LogP contribution in [0.25, 0.3) is 0 Å². The number of hydrogen-bond acceptors (Lipinski definition) is 5. The van der Waals surface area contributed by atoms with Crippen LogP contribution in [0, 0.1) is 0 Å². The Morgan fingerprint density at radius 3 is 2.71 bits per heavy atom. The van der Waals surface area contributed by atoms with Crippen molar-refractivity contribution < 1.29 is 17.9 Å². The molecule has 1 atom stereocenters. The number of hydrogen-bond donors (Lipinski definition) is 1. The Labute approximate surface area is 121 Å². The van der Waals surface area contributed by atoms with Gasteiger partial charge in [-0.05, 0) is 13.3 Å². The van der Waals surface area contributed by atoms with E-state index in [0.717, 1.165) is 17.5 Å². The van der Waals surface area contributed by atoms with Crippen molar-refractivity contribution in [2.45, 2.75) is 38.7 Å². The highest BCUT2D eigenvalue weighted by molar-refractivity contribution is 5.02. The van der Waals surface area contributed by atoms with E-state index in [-0.39, 0.29) is 12.6 Å². The Morgan fingerprint density at radius 1 is 1.33 bits per heavy atom. The summed E-state index contributed by atoms with van der Waals surface area (Å²) < 4.78 is 44.8. The van der Waals surface area contributed by atoms with Crippen molar-refractivity contribution >= 4 is 0 Å². The van der Waals surface area contributed by atoms with Gasteiger partial charge in [0.1, 0.15) is 5.82 Å². The van der Waals surface area contributed by atoms with Crippen LogP contribution in [0.3, 0.4) is 0 Å². The Balaban J connectivity index is 1.93. The first kappa shape index (κ1) is 16.2. The van der Waals surface area contributed by atoms with E-state index in [9.17, 15) is 13.2 Å². The summed E-state index contributed by atoms with van der Waals surface area (Å²) in [6.07, 6.45) is -3.71. The van der Waals surface area contributed by atoms with E-state index >= 15 is 0 Å². The van der Waals surface area contributed by atoms with E-state index in [1.165, 1.54) is 0 Å². The maximum Gasteiger partial charge on any atom is 0.451 e. The van der Waals surface area contributed by atoms with Crippen LogP contribution in [0.2, 0.25) is 0 Å². The van der Waals surface area contributed by atoms with Gasteiger partial charge in [-0.2, -0.15) is 13.2 Å². The molecule has 21 heavy (non-hydrogen) atoms. The fourth-order valence-corrected chi connectivity index (χ4v) is 2.44. The third-order valence-corrected chi connectivity index (χ3v) is 3.52. The fraction of sp³-hybridized carbons (Fsp3) is 0.833. The van der Waals surface area contributed by atoms with Gasteiger partial charge in [-0.15, -0.1) is 10.2 Å². The zero-order valence-electron chi connectivity index (χ0n) is 11.9. The van der Waals surface area contributed by atoms with Gasteiger partial charge in [0.2, 0.25) is 5.82 Å². The maximum atomic E-state index is 12.7. The smallest absolute Gasteiger partial charge is 0.377 e. The Bertz CT molecular complexity index is 462. The Hall–Kier alpha value is -1.19. The third-order valence-electron chi connectivity index (χ3n) is 3.52. The normalized spacial score (nSPS) is 17.8. The third kappa shape index (κ3) is 3.92. The summed E-state index contributed by atoms with van der Waals surface area (Å²) in [6.45, 7) is 4.82. The summed E-state index contributed by atoms with van der Waals surface area (Å²) in [7, 11) is 0. The van der Waals surface area contributed by atoms with Crippen molar-refractivity contribution in [2.24, 2.45) is 5.73 Å². The van der Waals surface area contributed by atoms with Crippen molar-refractivity contribution in [3.8, 4) is 0 Å². The molecule has 2 N–H and O–H groups in total. The summed E-state index contributed by atoms with van der Waals surface area (Å²) in [4.78, 5) is 2.05. The summed E-state index contributed by atoms with van der Waals surface area (Å²) in [5.74, 6) is -0.555. The quantitative estimate of drug-likeness (QED) is 0.844. The second-order valence-corrected chi connectivity index (χ2v) is 4.97. The zero-order chi connectivity index (χ0) is 15.5. The highest BCUT2D eigenvalue weighted by atomic mass is 19.4. The van der Waals surface area contributed by atoms with Crippen LogP contribution in [0.15, 0.2) is 0 Å². The second kappa shape index (κ2) is 6.71. The van der Waals surface area contributed by atoms with Gasteiger partial charge in [0.05, 0.1) is 12.6 Å². The van der Waals surface area contributed by atoms with Gasteiger partial charge < -0.3 is 15.0 Å². The number of nitrogens with zero attached hydrogens (tertiary/aromatic N) is 4. The van der Waals surface area contributed by atoms with E-state index in [0.29, 0.717) is 32.1 Å². The standard InChI is InChI=1S/C12H20F3N5O/c1-2-21-9(7-16)3-4-19-5-6-20-10(8-19)17-18-11(20)12(13,14)15/h9H,2-8,16H2,1H3. The Morgan fingerprint density at radius 2 is 2.10 bits per heavy atom. The van der Waals surface area contributed by atoms with Crippen molar-refractivity contribution in [1.82, 2.24) is 19.7 Å². The molecule has 120 valence electrons. The van der Waals surface area contributed by atoms with Crippen molar-refractivity contribution in [1.29, 1.82) is 0 Å². The van der Waals surface area contributed by atoms with Gasteiger partial charge in [-0.1, -0.05) is 0 Å². The van der Waals surface area contributed by atoms with Crippen molar-refractivity contribution in [3.05, 3.63) is 11.6 Å². The lowest BCUT2D eigenvalue weighted by molar-refractivity contribution is -0.148. The van der Waals surface area contributed by atoms with Gasteiger partial charge in [0, 0.05) is 32.8 Å². The van der Waals surface area contributed by atoms with Gasteiger partial charge >= 0.3 is 6.18 Å². The van der Waals surface area contributed by atoms with Crippen molar-refractivity contribution in [2.75, 3.05) is 26.2 Å². The number of fused-ring (bicyclic) bond motifs is 1. The summed E-state index contributed by atoms with van der Waals surface area (Å²) in [5.41, 5.74) is 5.61. The summed E-state index contributed by atoms with van der Waals surface area (Å²) >= 11 is 0. The number of rotatable bonds is 6. The predicted octanol–water partition coefficient (Wildman–Crippen LogP) is 0.866. The van der Waals surface area contributed by atoms with Crippen LogP contribution >= 0.6 is 0 Å². The minimum atomic E-state index is -4.45. The average molecular weight is 307 g/mol. The molecule has 0 spiro atoms. The second-order valence-electron chi connectivity index (χ2n) is 4.97. The molecule has 0 radical (unpaired) electrons. The van der Waals surface area contributed by atoms with E-state index in [4.69, 9.17) is 10.5 Å². The predicted molar refractivity (Wildman–Crippen MR) is 69.4 cm³/mol. The molecule has 0 fully saturated rings. The van der Waals surface area contributed by atoms with E-state index in [1.807, 2.05) is 11.8 Å². The lowest BCUT2D eigenvalue weighted by Gasteiger charge is -2.29. The molecule has 0 amide bonds. The fourth-order valence-electron chi connectivity index (χ4n) is 2.44. The lowest BCUT2D eigenvalue weighted by atomic mass is 10.2. The minimum absolute atomic E-state index is 0.0134. The van der Waals surface area contributed by atoms with Gasteiger partial charge in [0.25, 0.3) is 0 Å². The molecule has 0 aromatic carbocycles. The maximum absolute atomic E-state index is 12.7. The number of aromatic nitrogens is 3. The largest absolute Gasteiger partial charge is 0.451 e. The highest BCUT2D eigenvalue weighted by Gasteiger charge is 2.39. The molecule has 0 saturated carbocycles. The molecule has 0 aliphatic carbocycles. The molecule has 2 rings (SSSR count). The van der Waals surface area contributed by atoms with Crippen LogP contribution in [0.5, 0.6) is 0 Å². The highest BCUT2D eigenvalue weighted by Crippen LogP contribution is 2.29. The van der Waals surface area contributed by atoms with Crippen molar-refractivity contribution in [3.63, 3.8) is 0 Å². The minimum Gasteiger partial charge on any atom is -0.377 e. The molecule has 1 aromatic heterocycles. The van der Waals surface area contributed by atoms with Crippen LogP contribution < -0.4 is 5.73 Å². The monoisotopic (exact) mass is 307 g/mol. The van der Waals surface area contributed by atoms with Crippen LogP contribution in [-0.2, 0) is 24.0 Å². The number of ether oxygens (including phenoxy) is 1. The first-order chi connectivity index (χ1) is 9.95. The molecule has 9 heteroatoms. The molecule has 1 unspecified atom stereocenters. The van der Waals surface area contributed by atoms with Crippen LogP contribution in [0.4, 0.5) is 13.2 Å². The lowest BCUT2D eigenvalue weighted by Crippen LogP contribution is -2.38. The van der Waals surface area contributed by atoms with Crippen LogP contribution in [0.1, 0.15) is 25.0 Å². The van der Waals surface area contributed by atoms with E-state index < -0.39 is 12.0 Å². The molecule has 1 aliphatic rings. The molecule has 0 bridgehead atoms. The van der Waals surface area contributed by atoms with E-state index in [2.05, 4.69) is 10.2 Å². The first-order valence-electron chi connectivity index (χ1n) is 6.99. The number of alkyl halides is 3. The molecule has 0 saturated heterocycles. The average Bonchev–Trinajstić information content (AvgIpc) is 2.86. The van der Waals surface area contributed by atoms with E-state index in [1.54, 1.807) is 0 Å². The topological polar surface area (TPSA) is 69.2 Å². The number of halogens is 3. The molecule has 6 nitrogen and oxygen atoms in total. The first-order valence-corrected chi connectivity index (χ1v) is 6.99. The van der Waals surface area contributed by atoms with Crippen LogP contribution in [-0.4, -0.2) is 52.0 Å². The molecule has 1 aliphatic heterocycles. The summed E-state index contributed by atoms with van der Waals surface area (Å²) in [5, 5.41) is 6.91. The molecular formula is C12H20F3N5O. The Kier molecular flexibility index (Phi) is 5.17. The van der Waals surface area contributed by atoms with Gasteiger partial charge in [-0.3, -0.25) is 4.90 Å². The van der Waals surface area contributed by atoms with Gasteiger partial charge in [0.15, 0.2) is 0 Å². The molecular weight excluding hydrogens is 287 g/mol. The van der Waals surface area contributed by atoms with Gasteiger partial charge in [-0.25, -0.2) is 0 Å². The molecule has 2 heterocycles. The molecule has 1 aromatic rings. The number of nitrogens with two attached hydrogens (primary N) is 1. The SMILES string of the molecule is CCOC(CN)CCN1CCn2c(nnc2C(F)(F)F)C1. The summed E-state index contributed by atoms with van der Waals surface area (Å²) in [6, 6.07) is 0.